The highest BCUT2D eigenvalue weighted by molar-refractivity contribution is 9.10. The molecule has 0 fully saturated rings. The summed E-state index contributed by atoms with van der Waals surface area (Å²) in [4.78, 5) is 12.5. The summed E-state index contributed by atoms with van der Waals surface area (Å²) in [5, 5.41) is 17.2. The van der Waals surface area contributed by atoms with Crippen LogP contribution in [0.5, 0.6) is 11.5 Å². The summed E-state index contributed by atoms with van der Waals surface area (Å²) >= 11 is 8.61. The van der Waals surface area contributed by atoms with Crippen LogP contribution in [-0.4, -0.2) is 23.2 Å². The van der Waals surface area contributed by atoms with Gasteiger partial charge in [-0.1, -0.05) is 28.1 Å². The van der Waals surface area contributed by atoms with Crippen molar-refractivity contribution in [2.24, 2.45) is 0 Å². The normalized spacial score (nSPS) is 10.4. The van der Waals surface area contributed by atoms with E-state index >= 15 is 0 Å². The molecule has 0 spiro atoms. The Labute approximate surface area is 164 Å². The van der Waals surface area contributed by atoms with E-state index in [1.165, 1.54) is 7.11 Å². The van der Waals surface area contributed by atoms with E-state index in [1.807, 2.05) is 18.2 Å². The summed E-state index contributed by atoms with van der Waals surface area (Å²) in [6, 6.07) is 15.8. The Hall–Kier alpha value is -2.64. The first kappa shape index (κ1) is 18.2. The number of halogens is 1. The number of methoxy groups -OCH3 is 1. The number of ether oxygens (including phenoxy) is 1. The predicted molar refractivity (Wildman–Crippen MR) is 110 cm³/mol. The predicted octanol–water partition coefficient (Wildman–Crippen LogP) is 4.44. The number of hydrogen-bond donors (Lipinski definition) is 3. The van der Waals surface area contributed by atoms with Crippen molar-refractivity contribution in [1.29, 1.82) is 0 Å². The van der Waals surface area contributed by atoms with Gasteiger partial charge in [-0.3, -0.25) is 10.1 Å². The summed E-state index contributed by atoms with van der Waals surface area (Å²) < 4.78 is 5.98. The number of phenolic OH excluding ortho intramolecular Hbond substituents is 1. The fourth-order valence-corrected chi connectivity index (χ4v) is 3.13. The molecule has 3 aromatic rings. The molecular formula is C19H15BrN2O3S. The summed E-state index contributed by atoms with van der Waals surface area (Å²) in [7, 11) is 1.50. The maximum absolute atomic E-state index is 12.5. The molecule has 0 heterocycles. The van der Waals surface area contributed by atoms with Gasteiger partial charge in [0.2, 0.25) is 0 Å². The number of aromatic hydroxyl groups is 1. The molecule has 0 bridgehead atoms. The van der Waals surface area contributed by atoms with Gasteiger partial charge in [0.1, 0.15) is 11.5 Å². The van der Waals surface area contributed by atoms with E-state index in [-0.39, 0.29) is 16.8 Å². The summed E-state index contributed by atoms with van der Waals surface area (Å²) in [6.45, 7) is 0. The maximum atomic E-state index is 12.5. The fourth-order valence-electron chi connectivity index (χ4n) is 2.56. The lowest BCUT2D eigenvalue weighted by molar-refractivity contribution is 0.0974. The number of rotatable bonds is 3. The first-order valence-corrected chi connectivity index (χ1v) is 8.85. The van der Waals surface area contributed by atoms with Crippen LogP contribution >= 0.6 is 28.1 Å². The van der Waals surface area contributed by atoms with Crippen molar-refractivity contribution < 1.29 is 14.6 Å². The van der Waals surface area contributed by atoms with E-state index in [4.69, 9.17) is 17.0 Å². The molecule has 0 saturated heterocycles. The van der Waals surface area contributed by atoms with E-state index < -0.39 is 0 Å². The second kappa shape index (κ2) is 7.72. The Morgan fingerprint density at radius 1 is 1.15 bits per heavy atom. The van der Waals surface area contributed by atoms with Gasteiger partial charge in [0.05, 0.1) is 12.7 Å². The maximum Gasteiger partial charge on any atom is 0.261 e. The third kappa shape index (κ3) is 3.95. The van der Waals surface area contributed by atoms with Gasteiger partial charge in [-0.15, -0.1) is 0 Å². The Kier molecular flexibility index (Phi) is 5.39. The van der Waals surface area contributed by atoms with Crippen LogP contribution < -0.4 is 15.4 Å². The van der Waals surface area contributed by atoms with Crippen LogP contribution in [0.25, 0.3) is 10.8 Å². The van der Waals surface area contributed by atoms with Gasteiger partial charge in [-0.25, -0.2) is 0 Å². The summed E-state index contributed by atoms with van der Waals surface area (Å²) in [6.07, 6.45) is 0. The summed E-state index contributed by atoms with van der Waals surface area (Å²) in [5.74, 6) is 0.264. The largest absolute Gasteiger partial charge is 0.508 e. The molecule has 3 aromatic carbocycles. The molecule has 7 heteroatoms. The third-order valence-corrected chi connectivity index (χ3v) is 4.44. The highest BCUT2D eigenvalue weighted by atomic mass is 79.9. The van der Waals surface area contributed by atoms with E-state index in [0.717, 1.165) is 20.9 Å². The van der Waals surface area contributed by atoms with Gasteiger partial charge in [0, 0.05) is 15.5 Å². The molecule has 3 N–H and O–H groups in total. The van der Waals surface area contributed by atoms with Crippen molar-refractivity contribution >= 4 is 55.6 Å². The average molecular weight is 431 g/mol. The number of anilines is 1. The lowest BCUT2D eigenvalue weighted by Gasteiger charge is -2.13. The van der Waals surface area contributed by atoms with Crippen molar-refractivity contribution in [1.82, 2.24) is 5.32 Å². The Bertz CT molecular complexity index is 1010. The van der Waals surface area contributed by atoms with Crippen LogP contribution in [0, 0.1) is 0 Å². The molecule has 0 unspecified atom stereocenters. The van der Waals surface area contributed by atoms with Crippen molar-refractivity contribution in [3.05, 3.63) is 64.6 Å². The molecular weight excluding hydrogens is 416 g/mol. The number of fused-ring (bicyclic) bond motifs is 1. The number of benzene rings is 3. The van der Waals surface area contributed by atoms with Crippen LogP contribution in [0.2, 0.25) is 0 Å². The van der Waals surface area contributed by atoms with E-state index in [9.17, 15) is 9.90 Å². The molecule has 0 aliphatic rings. The zero-order chi connectivity index (χ0) is 18.7. The van der Waals surface area contributed by atoms with Gasteiger partial charge in [0.25, 0.3) is 5.91 Å². The SMILES string of the molecule is COc1ccc(Br)cc1C(=O)NC(=S)Nc1cccc2cc(O)ccc12. The topological polar surface area (TPSA) is 70.6 Å². The minimum absolute atomic E-state index is 0.164. The number of hydrogen-bond acceptors (Lipinski definition) is 4. The summed E-state index contributed by atoms with van der Waals surface area (Å²) in [5.41, 5.74) is 1.10. The zero-order valence-corrected chi connectivity index (χ0v) is 16.1. The first-order chi connectivity index (χ1) is 12.5. The zero-order valence-electron chi connectivity index (χ0n) is 13.7. The number of phenols is 1. The molecule has 132 valence electrons. The number of amides is 1. The van der Waals surface area contributed by atoms with Crippen molar-refractivity contribution in [3.63, 3.8) is 0 Å². The van der Waals surface area contributed by atoms with Gasteiger partial charge in [-0.05, 0) is 60.1 Å². The molecule has 0 aromatic heterocycles. The fraction of sp³-hybridized carbons (Fsp3) is 0.0526. The van der Waals surface area contributed by atoms with Crippen LogP contribution in [0.4, 0.5) is 5.69 Å². The average Bonchev–Trinajstić information content (AvgIpc) is 2.61. The molecule has 5 nitrogen and oxygen atoms in total. The molecule has 0 aliphatic heterocycles. The van der Waals surface area contributed by atoms with Crippen molar-refractivity contribution in [2.45, 2.75) is 0 Å². The van der Waals surface area contributed by atoms with Gasteiger partial charge in [-0.2, -0.15) is 0 Å². The Morgan fingerprint density at radius 3 is 2.73 bits per heavy atom. The Balaban J connectivity index is 1.80. The van der Waals surface area contributed by atoms with Crippen LogP contribution in [-0.2, 0) is 0 Å². The van der Waals surface area contributed by atoms with Crippen LogP contribution in [0.3, 0.4) is 0 Å². The van der Waals surface area contributed by atoms with Gasteiger partial charge < -0.3 is 15.2 Å². The standard InChI is InChI=1S/C19H15BrN2O3S/c1-25-17-8-5-12(20)10-15(17)18(24)22-19(26)21-16-4-2-3-11-9-13(23)6-7-14(11)16/h2-10,23H,1H3,(H2,21,22,24,26). The third-order valence-electron chi connectivity index (χ3n) is 3.75. The molecule has 0 saturated carbocycles. The van der Waals surface area contributed by atoms with Gasteiger partial charge >= 0.3 is 0 Å². The number of nitrogens with one attached hydrogen (secondary N) is 2. The quantitative estimate of drug-likeness (QED) is 0.535. The molecule has 3 rings (SSSR count). The smallest absolute Gasteiger partial charge is 0.261 e. The van der Waals surface area contributed by atoms with Crippen LogP contribution in [0.1, 0.15) is 10.4 Å². The molecule has 0 radical (unpaired) electrons. The molecule has 0 atom stereocenters. The van der Waals surface area contributed by atoms with E-state index in [0.29, 0.717) is 11.3 Å². The van der Waals surface area contributed by atoms with E-state index in [2.05, 4.69) is 26.6 Å². The second-order valence-corrected chi connectivity index (χ2v) is 6.79. The second-order valence-electron chi connectivity index (χ2n) is 5.46. The number of thiocarbonyl (C=S) groups is 1. The highest BCUT2D eigenvalue weighted by Crippen LogP contribution is 2.27. The highest BCUT2D eigenvalue weighted by Gasteiger charge is 2.14. The minimum atomic E-state index is -0.376. The van der Waals surface area contributed by atoms with Crippen molar-refractivity contribution in [2.75, 3.05) is 12.4 Å². The Morgan fingerprint density at radius 2 is 1.96 bits per heavy atom. The van der Waals surface area contributed by atoms with Crippen LogP contribution in [0.15, 0.2) is 59.1 Å². The number of carbonyl (C=O) groups excluding carboxylic acids is 1. The number of carbonyl (C=O) groups is 1. The molecule has 26 heavy (non-hydrogen) atoms. The lowest BCUT2D eigenvalue weighted by atomic mass is 10.1. The molecule has 0 aliphatic carbocycles. The van der Waals surface area contributed by atoms with Crippen molar-refractivity contribution in [3.8, 4) is 11.5 Å². The lowest BCUT2D eigenvalue weighted by Crippen LogP contribution is -2.34. The van der Waals surface area contributed by atoms with Gasteiger partial charge in [0.15, 0.2) is 5.11 Å². The van der Waals surface area contributed by atoms with E-state index in [1.54, 1.807) is 36.4 Å². The minimum Gasteiger partial charge on any atom is -0.508 e. The first-order valence-electron chi connectivity index (χ1n) is 7.65. The monoisotopic (exact) mass is 430 g/mol. The molecule has 1 amide bonds.